The fourth-order valence-electron chi connectivity index (χ4n) is 2.41. The summed E-state index contributed by atoms with van der Waals surface area (Å²) in [6.45, 7) is 1.02. The minimum absolute atomic E-state index is 0.170. The first kappa shape index (κ1) is 15.9. The van der Waals surface area contributed by atoms with Crippen molar-refractivity contribution >= 4 is 21.6 Å². The van der Waals surface area contributed by atoms with Crippen LogP contribution >= 0.6 is 15.9 Å². The van der Waals surface area contributed by atoms with Crippen molar-refractivity contribution in [3.05, 3.63) is 50.1 Å². The van der Waals surface area contributed by atoms with E-state index in [-0.39, 0.29) is 18.2 Å². The molecule has 0 fully saturated rings. The summed E-state index contributed by atoms with van der Waals surface area (Å²) in [5.41, 5.74) is 1.85. The first-order valence-electron chi connectivity index (χ1n) is 7.04. The van der Waals surface area contributed by atoms with E-state index >= 15 is 0 Å². The molecule has 8 heteroatoms. The van der Waals surface area contributed by atoms with E-state index in [9.17, 15) is 9.18 Å². The molecule has 0 bridgehead atoms. The fraction of sp³-hybridized carbons (Fsp3) is 0.333. The van der Waals surface area contributed by atoms with Crippen LogP contribution in [0.3, 0.4) is 0 Å². The van der Waals surface area contributed by atoms with E-state index in [4.69, 9.17) is 9.47 Å². The molecule has 0 atom stereocenters. The first-order valence-corrected chi connectivity index (χ1v) is 7.83. The van der Waals surface area contributed by atoms with Gasteiger partial charge in [0.2, 0.25) is 0 Å². The first-order chi connectivity index (χ1) is 11.1. The third kappa shape index (κ3) is 3.37. The van der Waals surface area contributed by atoms with Crippen LogP contribution in [0.2, 0.25) is 0 Å². The van der Waals surface area contributed by atoms with Crippen molar-refractivity contribution in [3.8, 4) is 5.75 Å². The number of aromatic nitrogens is 2. The summed E-state index contributed by atoms with van der Waals surface area (Å²) in [6.07, 6.45) is 2.11. The van der Waals surface area contributed by atoms with E-state index in [1.165, 1.54) is 16.8 Å². The second-order valence-corrected chi connectivity index (χ2v) is 5.93. The van der Waals surface area contributed by atoms with E-state index in [1.807, 2.05) is 0 Å². The molecule has 1 aromatic carbocycles. The molecule has 0 saturated carbocycles. The molecule has 23 heavy (non-hydrogen) atoms. The zero-order valence-corrected chi connectivity index (χ0v) is 14.0. The molecule has 0 radical (unpaired) electrons. The molecule has 1 aliphatic rings. The lowest BCUT2D eigenvalue weighted by Crippen LogP contribution is -2.22. The number of fused-ring (bicyclic) bond motifs is 1. The highest BCUT2D eigenvalue weighted by Crippen LogP contribution is 2.29. The number of hydrogen-bond acceptors (Lipinski definition) is 5. The molecule has 2 heterocycles. The highest BCUT2D eigenvalue weighted by atomic mass is 79.9. The number of hydrogen-bond donors (Lipinski definition) is 1. The van der Waals surface area contributed by atoms with Gasteiger partial charge in [0, 0.05) is 19.2 Å². The van der Waals surface area contributed by atoms with Crippen LogP contribution in [-0.2, 0) is 24.8 Å². The fourth-order valence-corrected chi connectivity index (χ4v) is 2.91. The summed E-state index contributed by atoms with van der Waals surface area (Å²) in [5.74, 6) is 0.366. The van der Waals surface area contributed by atoms with Crippen LogP contribution in [0.15, 0.2) is 27.6 Å². The third-order valence-corrected chi connectivity index (χ3v) is 4.31. The molecule has 0 unspecified atom stereocenters. The summed E-state index contributed by atoms with van der Waals surface area (Å²) in [7, 11) is 1.58. The van der Waals surface area contributed by atoms with E-state index < -0.39 is 0 Å². The van der Waals surface area contributed by atoms with Crippen molar-refractivity contribution < 1.29 is 13.9 Å². The highest BCUT2D eigenvalue weighted by Gasteiger charge is 2.17. The minimum Gasteiger partial charge on any atom is -0.467 e. The van der Waals surface area contributed by atoms with Crippen LogP contribution in [0.4, 0.5) is 10.1 Å². The van der Waals surface area contributed by atoms with Crippen LogP contribution in [-0.4, -0.2) is 23.1 Å². The number of rotatable bonds is 4. The molecule has 0 amide bonds. The molecule has 2 aromatic rings. The summed E-state index contributed by atoms with van der Waals surface area (Å²) < 4.78 is 26.0. The number of benzene rings is 1. The largest absolute Gasteiger partial charge is 0.467 e. The summed E-state index contributed by atoms with van der Waals surface area (Å²) >= 11 is 3.25. The van der Waals surface area contributed by atoms with Gasteiger partial charge in [-0.15, -0.1) is 0 Å². The van der Waals surface area contributed by atoms with Crippen molar-refractivity contribution in [1.82, 2.24) is 9.78 Å². The molecule has 122 valence electrons. The monoisotopic (exact) mass is 383 g/mol. The number of ether oxygens (including phenoxy) is 2. The quantitative estimate of drug-likeness (QED) is 0.876. The number of nitrogens with one attached hydrogen (secondary N) is 1. The summed E-state index contributed by atoms with van der Waals surface area (Å²) in [6, 6.07) is 2.88. The van der Waals surface area contributed by atoms with Crippen LogP contribution in [0.25, 0.3) is 0 Å². The van der Waals surface area contributed by atoms with E-state index in [2.05, 4.69) is 26.3 Å². The van der Waals surface area contributed by atoms with E-state index in [1.54, 1.807) is 13.2 Å². The molecular formula is C15H15BrFN3O3. The second kappa shape index (κ2) is 6.67. The number of anilines is 1. The maximum atomic E-state index is 13.7. The summed E-state index contributed by atoms with van der Waals surface area (Å²) in [4.78, 5) is 11.8. The highest BCUT2D eigenvalue weighted by molar-refractivity contribution is 9.10. The van der Waals surface area contributed by atoms with Crippen molar-refractivity contribution in [3.63, 3.8) is 0 Å². The molecule has 0 aliphatic carbocycles. The molecule has 0 saturated heterocycles. The maximum absolute atomic E-state index is 13.7. The van der Waals surface area contributed by atoms with Crippen molar-refractivity contribution in [2.75, 3.05) is 18.7 Å². The van der Waals surface area contributed by atoms with Gasteiger partial charge in [0.25, 0.3) is 5.56 Å². The molecular weight excluding hydrogens is 369 g/mol. The topological polar surface area (TPSA) is 65.4 Å². The molecule has 1 N–H and O–H groups in total. The Labute approximate surface area is 140 Å². The molecule has 3 rings (SSSR count). The summed E-state index contributed by atoms with van der Waals surface area (Å²) in [5, 5.41) is 7.08. The van der Waals surface area contributed by atoms with Crippen LogP contribution in [0.5, 0.6) is 5.75 Å². The lowest BCUT2D eigenvalue weighted by molar-refractivity contribution is -0.0172. The Morgan fingerprint density at radius 3 is 3.13 bits per heavy atom. The number of nitrogens with zero attached hydrogens (tertiary/aromatic N) is 2. The van der Waals surface area contributed by atoms with Gasteiger partial charge in [0.05, 0.1) is 18.5 Å². The van der Waals surface area contributed by atoms with Crippen molar-refractivity contribution in [1.29, 1.82) is 0 Å². The van der Waals surface area contributed by atoms with Gasteiger partial charge in [-0.25, -0.2) is 9.07 Å². The van der Waals surface area contributed by atoms with Gasteiger partial charge >= 0.3 is 0 Å². The number of aryl methyl sites for hydroxylation is 1. The van der Waals surface area contributed by atoms with Gasteiger partial charge in [-0.2, -0.15) is 5.10 Å². The second-order valence-electron chi connectivity index (χ2n) is 5.14. The zero-order valence-electron chi connectivity index (χ0n) is 12.4. The predicted octanol–water partition coefficient (Wildman–Crippen LogP) is 2.20. The zero-order chi connectivity index (χ0) is 16.4. The van der Waals surface area contributed by atoms with Crippen LogP contribution in [0, 0.1) is 5.82 Å². The van der Waals surface area contributed by atoms with Gasteiger partial charge in [0.1, 0.15) is 16.0 Å². The Bertz CT molecular complexity index is 794. The van der Waals surface area contributed by atoms with E-state index in [0.29, 0.717) is 41.0 Å². The third-order valence-electron chi connectivity index (χ3n) is 3.54. The molecule has 1 aromatic heterocycles. The minimum atomic E-state index is -0.315. The van der Waals surface area contributed by atoms with E-state index in [0.717, 1.165) is 5.56 Å². The van der Waals surface area contributed by atoms with Crippen LogP contribution in [0.1, 0.15) is 11.1 Å². The predicted molar refractivity (Wildman–Crippen MR) is 86.1 cm³/mol. The normalized spacial score (nSPS) is 13.3. The molecule has 0 spiro atoms. The number of halogens is 2. The SMILES string of the molecule is Cn1ncc(NCCc2cc(F)cc3c2OCOC3)c(Br)c1=O. The van der Waals surface area contributed by atoms with Gasteiger partial charge in [-0.3, -0.25) is 4.79 Å². The van der Waals surface area contributed by atoms with Gasteiger partial charge in [-0.05, 0) is 40.0 Å². The Hall–Kier alpha value is -1.93. The maximum Gasteiger partial charge on any atom is 0.282 e. The van der Waals surface area contributed by atoms with Crippen LogP contribution < -0.4 is 15.6 Å². The lowest BCUT2D eigenvalue weighted by Gasteiger charge is -2.21. The molecule has 1 aliphatic heterocycles. The Balaban J connectivity index is 1.73. The van der Waals surface area contributed by atoms with Gasteiger partial charge in [0.15, 0.2) is 6.79 Å². The van der Waals surface area contributed by atoms with Crippen molar-refractivity contribution in [2.24, 2.45) is 7.05 Å². The van der Waals surface area contributed by atoms with Gasteiger partial charge in [-0.1, -0.05) is 0 Å². The Morgan fingerprint density at radius 2 is 2.30 bits per heavy atom. The molecule has 6 nitrogen and oxygen atoms in total. The smallest absolute Gasteiger partial charge is 0.282 e. The standard InChI is InChI=1S/C15H15BrFN3O3/c1-20-15(21)13(16)12(6-19-20)18-3-2-9-4-11(17)5-10-7-22-8-23-14(9)10/h4-6,18H,2-3,7-8H2,1H3. The average molecular weight is 384 g/mol. The van der Waals surface area contributed by atoms with Crippen molar-refractivity contribution in [2.45, 2.75) is 13.0 Å². The average Bonchev–Trinajstić information content (AvgIpc) is 2.54. The Kier molecular flexibility index (Phi) is 4.63. The Morgan fingerprint density at radius 1 is 1.48 bits per heavy atom. The van der Waals surface area contributed by atoms with Gasteiger partial charge < -0.3 is 14.8 Å². The lowest BCUT2D eigenvalue weighted by atomic mass is 10.1.